The summed E-state index contributed by atoms with van der Waals surface area (Å²) in [5.41, 5.74) is 0.919. The van der Waals surface area contributed by atoms with Gasteiger partial charge >= 0.3 is 5.97 Å². The van der Waals surface area contributed by atoms with Gasteiger partial charge in [0.25, 0.3) is 5.91 Å². The van der Waals surface area contributed by atoms with Gasteiger partial charge in [0.15, 0.2) is 18.1 Å². The van der Waals surface area contributed by atoms with Crippen LogP contribution in [0.5, 0.6) is 11.5 Å². The van der Waals surface area contributed by atoms with Crippen molar-refractivity contribution in [2.75, 3.05) is 25.6 Å². The standard InChI is InChI=1S/C19H18N2O5/c1-3-25-17-10-13(8-9-16(17)24-2)19(23)26-12-18(22)21-15-7-5-4-6-14(15)11-20/h4-10H,3,12H2,1-2H3,(H,21,22). The fourth-order valence-electron chi connectivity index (χ4n) is 2.16. The number of nitriles is 1. The number of nitrogens with zero attached hydrogens (tertiary/aromatic N) is 1. The molecular weight excluding hydrogens is 336 g/mol. The van der Waals surface area contributed by atoms with E-state index in [2.05, 4.69) is 5.32 Å². The molecule has 0 atom stereocenters. The summed E-state index contributed by atoms with van der Waals surface area (Å²) in [5.74, 6) is -0.303. The van der Waals surface area contributed by atoms with E-state index in [0.717, 1.165) is 0 Å². The molecule has 0 saturated carbocycles. The molecule has 2 rings (SSSR count). The Bertz CT molecular complexity index is 842. The molecule has 0 aliphatic heterocycles. The first-order chi connectivity index (χ1) is 12.6. The third kappa shape index (κ3) is 4.74. The molecule has 26 heavy (non-hydrogen) atoms. The van der Waals surface area contributed by atoms with Gasteiger partial charge in [-0.15, -0.1) is 0 Å². The second kappa shape index (κ2) is 9.08. The lowest BCUT2D eigenvalue weighted by atomic mass is 10.2. The summed E-state index contributed by atoms with van der Waals surface area (Å²) >= 11 is 0. The third-order valence-corrected chi connectivity index (χ3v) is 3.36. The molecule has 7 heteroatoms. The van der Waals surface area contributed by atoms with Crippen molar-refractivity contribution in [1.82, 2.24) is 0 Å². The normalized spacial score (nSPS) is 9.73. The fourth-order valence-corrected chi connectivity index (χ4v) is 2.16. The lowest BCUT2D eigenvalue weighted by molar-refractivity contribution is -0.119. The van der Waals surface area contributed by atoms with Crippen LogP contribution >= 0.6 is 0 Å². The molecule has 2 aromatic rings. The van der Waals surface area contributed by atoms with Crippen LogP contribution in [0.4, 0.5) is 5.69 Å². The molecular formula is C19H18N2O5. The van der Waals surface area contributed by atoms with Gasteiger partial charge in [-0.25, -0.2) is 4.79 Å². The SMILES string of the molecule is CCOc1cc(C(=O)OCC(=O)Nc2ccccc2C#N)ccc1OC. The first kappa shape index (κ1) is 18.8. The highest BCUT2D eigenvalue weighted by Crippen LogP contribution is 2.28. The van der Waals surface area contributed by atoms with Crippen LogP contribution in [0.3, 0.4) is 0 Å². The first-order valence-corrected chi connectivity index (χ1v) is 7.86. The molecule has 2 aromatic carbocycles. The largest absolute Gasteiger partial charge is 0.493 e. The van der Waals surface area contributed by atoms with Gasteiger partial charge in [0.2, 0.25) is 0 Å². The Kier molecular flexibility index (Phi) is 6.57. The number of nitrogens with one attached hydrogen (secondary N) is 1. The number of benzene rings is 2. The topological polar surface area (TPSA) is 97.6 Å². The minimum Gasteiger partial charge on any atom is -0.493 e. The van der Waals surface area contributed by atoms with E-state index in [4.69, 9.17) is 19.5 Å². The van der Waals surface area contributed by atoms with E-state index >= 15 is 0 Å². The van der Waals surface area contributed by atoms with Crippen LogP contribution in [0.2, 0.25) is 0 Å². The van der Waals surface area contributed by atoms with E-state index < -0.39 is 18.5 Å². The number of hydrogen-bond acceptors (Lipinski definition) is 6. The average Bonchev–Trinajstić information content (AvgIpc) is 2.66. The summed E-state index contributed by atoms with van der Waals surface area (Å²) in [4.78, 5) is 24.1. The van der Waals surface area contributed by atoms with Gasteiger partial charge in [-0.2, -0.15) is 5.26 Å². The van der Waals surface area contributed by atoms with Crippen LogP contribution in [-0.2, 0) is 9.53 Å². The maximum absolute atomic E-state index is 12.1. The molecule has 7 nitrogen and oxygen atoms in total. The van der Waals surface area contributed by atoms with Gasteiger partial charge in [-0.1, -0.05) is 12.1 Å². The zero-order valence-corrected chi connectivity index (χ0v) is 14.4. The molecule has 0 heterocycles. The number of rotatable bonds is 7. The molecule has 0 unspecified atom stereocenters. The van der Waals surface area contributed by atoms with Gasteiger partial charge in [-0.05, 0) is 37.3 Å². The third-order valence-electron chi connectivity index (χ3n) is 3.36. The van der Waals surface area contributed by atoms with Gasteiger partial charge in [0, 0.05) is 0 Å². The van der Waals surface area contributed by atoms with Crippen molar-refractivity contribution >= 4 is 17.6 Å². The van der Waals surface area contributed by atoms with Crippen LogP contribution in [-0.4, -0.2) is 32.2 Å². The van der Waals surface area contributed by atoms with Gasteiger partial charge in [0.1, 0.15) is 6.07 Å². The second-order valence-corrected chi connectivity index (χ2v) is 5.08. The number of para-hydroxylation sites is 1. The lowest BCUT2D eigenvalue weighted by Crippen LogP contribution is -2.21. The quantitative estimate of drug-likeness (QED) is 0.768. The number of hydrogen-bond donors (Lipinski definition) is 1. The van der Waals surface area contributed by atoms with Gasteiger partial charge in [0.05, 0.1) is 30.5 Å². The Morgan fingerprint density at radius 2 is 1.92 bits per heavy atom. The van der Waals surface area contributed by atoms with E-state index in [1.165, 1.54) is 19.2 Å². The molecule has 1 N–H and O–H groups in total. The predicted molar refractivity (Wildman–Crippen MR) is 94.2 cm³/mol. The molecule has 0 spiro atoms. The molecule has 134 valence electrons. The zero-order chi connectivity index (χ0) is 18.9. The summed E-state index contributed by atoms with van der Waals surface area (Å²) in [6, 6.07) is 13.1. The van der Waals surface area contributed by atoms with Crippen molar-refractivity contribution in [2.45, 2.75) is 6.92 Å². The molecule has 0 radical (unpaired) electrons. The van der Waals surface area contributed by atoms with E-state index in [1.54, 1.807) is 30.3 Å². The number of methoxy groups -OCH3 is 1. The van der Waals surface area contributed by atoms with Crippen molar-refractivity contribution in [3.8, 4) is 17.6 Å². The van der Waals surface area contributed by atoms with E-state index in [1.807, 2.05) is 13.0 Å². The van der Waals surface area contributed by atoms with Crippen LogP contribution < -0.4 is 14.8 Å². The highest BCUT2D eigenvalue weighted by atomic mass is 16.5. The average molecular weight is 354 g/mol. The summed E-state index contributed by atoms with van der Waals surface area (Å²) < 4.78 is 15.6. The number of esters is 1. The second-order valence-electron chi connectivity index (χ2n) is 5.08. The highest BCUT2D eigenvalue weighted by Gasteiger charge is 2.14. The van der Waals surface area contributed by atoms with Crippen molar-refractivity contribution in [3.63, 3.8) is 0 Å². The Balaban J connectivity index is 1.99. The van der Waals surface area contributed by atoms with E-state index in [-0.39, 0.29) is 5.56 Å². The first-order valence-electron chi connectivity index (χ1n) is 7.86. The van der Waals surface area contributed by atoms with Crippen molar-refractivity contribution < 1.29 is 23.8 Å². The monoisotopic (exact) mass is 354 g/mol. The van der Waals surface area contributed by atoms with E-state index in [0.29, 0.717) is 29.4 Å². The lowest BCUT2D eigenvalue weighted by Gasteiger charge is -2.11. The summed E-state index contributed by atoms with van der Waals surface area (Å²) in [7, 11) is 1.50. The highest BCUT2D eigenvalue weighted by molar-refractivity contribution is 5.96. The van der Waals surface area contributed by atoms with Crippen LogP contribution in [0, 0.1) is 11.3 Å². The molecule has 0 aliphatic rings. The summed E-state index contributed by atoms with van der Waals surface area (Å²) in [6.45, 7) is 1.75. The number of carbonyl (C=O) groups is 2. The molecule has 1 amide bonds. The molecule has 0 bridgehead atoms. The van der Waals surface area contributed by atoms with Crippen LogP contribution in [0.15, 0.2) is 42.5 Å². The van der Waals surface area contributed by atoms with Crippen molar-refractivity contribution in [1.29, 1.82) is 5.26 Å². The Morgan fingerprint density at radius 1 is 1.15 bits per heavy atom. The van der Waals surface area contributed by atoms with Crippen molar-refractivity contribution in [2.24, 2.45) is 0 Å². The minimum atomic E-state index is -0.669. The molecule has 0 aromatic heterocycles. The van der Waals surface area contributed by atoms with Crippen molar-refractivity contribution in [3.05, 3.63) is 53.6 Å². The van der Waals surface area contributed by atoms with Gasteiger partial charge < -0.3 is 19.5 Å². The number of ether oxygens (including phenoxy) is 3. The predicted octanol–water partition coefficient (Wildman–Crippen LogP) is 2.76. The van der Waals surface area contributed by atoms with Crippen LogP contribution in [0.1, 0.15) is 22.8 Å². The fraction of sp³-hybridized carbons (Fsp3) is 0.211. The zero-order valence-electron chi connectivity index (χ0n) is 14.4. The molecule has 0 fully saturated rings. The maximum Gasteiger partial charge on any atom is 0.338 e. The number of amides is 1. The maximum atomic E-state index is 12.1. The van der Waals surface area contributed by atoms with E-state index in [9.17, 15) is 9.59 Å². The molecule has 0 saturated heterocycles. The summed E-state index contributed by atoms with van der Waals surface area (Å²) in [6.07, 6.45) is 0. The van der Waals surface area contributed by atoms with Crippen LogP contribution in [0.25, 0.3) is 0 Å². The Hall–Kier alpha value is -3.53. The molecule has 0 aliphatic carbocycles. The summed E-state index contributed by atoms with van der Waals surface area (Å²) in [5, 5.41) is 11.5. The Labute approximate surface area is 151 Å². The minimum absolute atomic E-state index is 0.236. The number of carbonyl (C=O) groups excluding carboxylic acids is 2. The Morgan fingerprint density at radius 3 is 2.62 bits per heavy atom. The van der Waals surface area contributed by atoms with Gasteiger partial charge in [-0.3, -0.25) is 4.79 Å². The number of anilines is 1. The smallest absolute Gasteiger partial charge is 0.338 e.